The quantitative estimate of drug-likeness (QED) is 0.396. The van der Waals surface area contributed by atoms with Crippen molar-refractivity contribution in [3.63, 3.8) is 0 Å². The molecule has 1 aliphatic rings. The van der Waals surface area contributed by atoms with Crippen LogP contribution in [0.5, 0.6) is 11.5 Å². The lowest BCUT2D eigenvalue weighted by Gasteiger charge is -2.35. The molecule has 4 aromatic rings. The average Bonchev–Trinajstić information content (AvgIpc) is 2.79. The number of hydrogen-bond donors (Lipinski definition) is 1. The van der Waals surface area contributed by atoms with Gasteiger partial charge in [0.2, 0.25) is 0 Å². The second kappa shape index (κ2) is 7.54. The van der Waals surface area contributed by atoms with Crippen molar-refractivity contribution < 1.29 is 9.47 Å². The Morgan fingerprint density at radius 1 is 0.828 bits per heavy atom. The highest BCUT2D eigenvalue weighted by Gasteiger charge is 2.30. The van der Waals surface area contributed by atoms with Gasteiger partial charge in [-0.1, -0.05) is 76.6 Å². The zero-order valence-electron chi connectivity index (χ0n) is 15.9. The van der Waals surface area contributed by atoms with E-state index in [0.29, 0.717) is 0 Å². The lowest BCUT2D eigenvalue weighted by molar-refractivity contribution is 0.135. The number of methoxy groups -OCH3 is 1. The average molecular weight is 446 g/mol. The van der Waals surface area contributed by atoms with Crippen molar-refractivity contribution in [3.8, 4) is 11.5 Å². The number of fused-ring (bicyclic) bond motifs is 3. The van der Waals surface area contributed by atoms with Crippen LogP contribution in [-0.4, -0.2) is 7.11 Å². The van der Waals surface area contributed by atoms with Gasteiger partial charge in [-0.3, -0.25) is 5.32 Å². The Morgan fingerprint density at radius 3 is 2.31 bits per heavy atom. The largest absolute Gasteiger partial charge is 0.497 e. The van der Waals surface area contributed by atoms with Crippen LogP contribution in [0.3, 0.4) is 0 Å². The topological polar surface area (TPSA) is 30.5 Å². The first kappa shape index (κ1) is 18.2. The van der Waals surface area contributed by atoms with Gasteiger partial charge in [0.05, 0.1) is 13.2 Å². The molecule has 3 nitrogen and oxygen atoms in total. The molecule has 0 radical (unpaired) electrons. The maximum absolute atomic E-state index is 6.52. The SMILES string of the molecule is COc1ccc([C@H]2N[C@H](c3ccc(Br)cc3)c3ccc4ccccc4c3O2)cc1. The van der Waals surface area contributed by atoms with Crippen LogP contribution in [0, 0.1) is 0 Å². The number of benzene rings is 4. The molecular formula is C25H20BrNO2. The number of halogens is 1. The number of ether oxygens (including phenoxy) is 2. The first-order chi connectivity index (χ1) is 14.2. The van der Waals surface area contributed by atoms with Crippen molar-refractivity contribution in [3.05, 3.63) is 106 Å². The summed E-state index contributed by atoms with van der Waals surface area (Å²) >= 11 is 3.54. The summed E-state index contributed by atoms with van der Waals surface area (Å²) in [6.07, 6.45) is -0.257. The molecule has 0 aromatic heterocycles. The molecule has 0 fully saturated rings. The van der Waals surface area contributed by atoms with E-state index in [-0.39, 0.29) is 12.3 Å². The van der Waals surface area contributed by atoms with E-state index in [1.165, 1.54) is 10.9 Å². The van der Waals surface area contributed by atoms with Crippen LogP contribution in [0.25, 0.3) is 10.8 Å². The predicted molar refractivity (Wildman–Crippen MR) is 119 cm³/mol. The Balaban J connectivity index is 1.64. The van der Waals surface area contributed by atoms with Crippen LogP contribution in [-0.2, 0) is 0 Å². The summed E-state index contributed by atoms with van der Waals surface area (Å²) in [6.45, 7) is 0. The molecule has 0 spiro atoms. The van der Waals surface area contributed by atoms with Crippen molar-refractivity contribution in [2.45, 2.75) is 12.3 Å². The molecule has 0 unspecified atom stereocenters. The fraction of sp³-hybridized carbons (Fsp3) is 0.120. The lowest BCUT2D eigenvalue weighted by atomic mass is 9.93. The molecule has 4 aromatic carbocycles. The summed E-state index contributed by atoms with van der Waals surface area (Å²) in [5, 5.41) is 5.99. The third-order valence-corrected chi connectivity index (χ3v) is 5.93. The van der Waals surface area contributed by atoms with Crippen LogP contribution in [0.1, 0.15) is 29.0 Å². The molecule has 0 bridgehead atoms. The van der Waals surface area contributed by atoms with Crippen molar-refractivity contribution >= 4 is 26.7 Å². The Hall–Kier alpha value is -2.82. The highest BCUT2D eigenvalue weighted by molar-refractivity contribution is 9.10. The van der Waals surface area contributed by atoms with Gasteiger partial charge in [-0.15, -0.1) is 0 Å². The fourth-order valence-corrected chi connectivity index (χ4v) is 4.15. The highest BCUT2D eigenvalue weighted by Crippen LogP contribution is 2.43. The Morgan fingerprint density at radius 2 is 1.55 bits per heavy atom. The molecule has 0 saturated carbocycles. The van der Waals surface area contributed by atoms with Gasteiger partial charge in [0.15, 0.2) is 6.23 Å². The molecule has 5 rings (SSSR count). The molecule has 1 N–H and O–H groups in total. The Labute approximate surface area is 178 Å². The standard InChI is InChI=1S/C25H20BrNO2/c1-28-20-13-8-18(9-14-20)25-27-23(17-6-11-19(26)12-7-17)22-15-10-16-4-2-3-5-21(16)24(22)29-25/h2-15,23,25,27H,1H3/t23-,25+/m1/s1. The van der Waals surface area contributed by atoms with Gasteiger partial charge in [0.25, 0.3) is 0 Å². The zero-order chi connectivity index (χ0) is 19.8. The smallest absolute Gasteiger partial charge is 0.177 e. The lowest BCUT2D eigenvalue weighted by Crippen LogP contribution is -2.35. The maximum Gasteiger partial charge on any atom is 0.177 e. The summed E-state index contributed by atoms with van der Waals surface area (Å²) in [7, 11) is 1.68. The molecule has 4 heteroatoms. The summed E-state index contributed by atoms with van der Waals surface area (Å²) < 4.78 is 12.9. The molecule has 29 heavy (non-hydrogen) atoms. The monoisotopic (exact) mass is 445 g/mol. The van der Waals surface area contributed by atoms with E-state index in [1.54, 1.807) is 7.11 Å². The minimum atomic E-state index is -0.257. The number of nitrogens with one attached hydrogen (secondary N) is 1. The normalized spacial score (nSPS) is 18.1. The van der Waals surface area contributed by atoms with Gasteiger partial charge in [0, 0.05) is 21.0 Å². The first-order valence-corrected chi connectivity index (χ1v) is 10.4. The van der Waals surface area contributed by atoms with Gasteiger partial charge >= 0.3 is 0 Å². The summed E-state index contributed by atoms with van der Waals surface area (Å²) in [4.78, 5) is 0. The van der Waals surface area contributed by atoms with Crippen molar-refractivity contribution in [2.24, 2.45) is 0 Å². The van der Waals surface area contributed by atoms with E-state index >= 15 is 0 Å². The third-order valence-electron chi connectivity index (χ3n) is 5.40. The van der Waals surface area contributed by atoms with Gasteiger partial charge in [-0.25, -0.2) is 0 Å². The van der Waals surface area contributed by atoms with E-state index in [9.17, 15) is 0 Å². The Bertz CT molecular complexity index is 1160. The molecule has 0 amide bonds. The third kappa shape index (κ3) is 3.39. The predicted octanol–water partition coefficient (Wildman–Crippen LogP) is 6.38. The fourth-order valence-electron chi connectivity index (χ4n) is 3.89. The van der Waals surface area contributed by atoms with Crippen molar-refractivity contribution in [2.75, 3.05) is 7.11 Å². The number of hydrogen-bond acceptors (Lipinski definition) is 3. The molecule has 144 valence electrons. The van der Waals surface area contributed by atoms with Gasteiger partial charge in [0.1, 0.15) is 11.5 Å². The van der Waals surface area contributed by atoms with E-state index in [0.717, 1.165) is 32.5 Å². The van der Waals surface area contributed by atoms with E-state index in [2.05, 4.69) is 81.9 Å². The summed E-state index contributed by atoms with van der Waals surface area (Å²) in [5.41, 5.74) is 3.41. The minimum absolute atomic E-state index is 0.0311. The first-order valence-electron chi connectivity index (χ1n) is 9.57. The zero-order valence-corrected chi connectivity index (χ0v) is 17.5. The molecule has 2 atom stereocenters. The molecule has 1 heterocycles. The van der Waals surface area contributed by atoms with E-state index in [1.807, 2.05) is 24.3 Å². The van der Waals surface area contributed by atoms with Gasteiger partial charge in [-0.2, -0.15) is 0 Å². The molecule has 1 aliphatic heterocycles. The second-order valence-electron chi connectivity index (χ2n) is 7.13. The highest BCUT2D eigenvalue weighted by atomic mass is 79.9. The van der Waals surface area contributed by atoms with Crippen LogP contribution in [0.15, 0.2) is 89.4 Å². The van der Waals surface area contributed by atoms with Crippen LogP contribution >= 0.6 is 15.9 Å². The van der Waals surface area contributed by atoms with Gasteiger partial charge < -0.3 is 9.47 Å². The van der Waals surface area contributed by atoms with Gasteiger partial charge in [-0.05, 0) is 35.2 Å². The summed E-state index contributed by atoms with van der Waals surface area (Å²) in [5.74, 6) is 1.77. The minimum Gasteiger partial charge on any atom is -0.497 e. The molecular weight excluding hydrogens is 426 g/mol. The van der Waals surface area contributed by atoms with E-state index < -0.39 is 0 Å². The summed E-state index contributed by atoms with van der Waals surface area (Å²) in [6, 6.07) is 29.2. The van der Waals surface area contributed by atoms with Crippen LogP contribution in [0.2, 0.25) is 0 Å². The molecule has 0 aliphatic carbocycles. The van der Waals surface area contributed by atoms with Crippen molar-refractivity contribution in [1.29, 1.82) is 0 Å². The van der Waals surface area contributed by atoms with E-state index in [4.69, 9.17) is 9.47 Å². The molecule has 0 saturated heterocycles. The van der Waals surface area contributed by atoms with Crippen LogP contribution in [0.4, 0.5) is 0 Å². The second-order valence-corrected chi connectivity index (χ2v) is 8.04. The maximum atomic E-state index is 6.52. The number of rotatable bonds is 3. The van der Waals surface area contributed by atoms with Crippen LogP contribution < -0.4 is 14.8 Å². The Kier molecular flexibility index (Phi) is 4.74. The van der Waals surface area contributed by atoms with Crippen molar-refractivity contribution in [1.82, 2.24) is 5.32 Å².